The first-order chi connectivity index (χ1) is 14.0. The molecule has 0 aromatic heterocycles. The Bertz CT molecular complexity index is 683. The fourth-order valence-corrected chi connectivity index (χ4v) is 3.11. The number of carbonyl (C=O) groups excluding carboxylic acids is 1. The van der Waals surface area contributed by atoms with Gasteiger partial charge < -0.3 is 23.7 Å². The van der Waals surface area contributed by atoms with E-state index in [9.17, 15) is 18.0 Å². The summed E-state index contributed by atoms with van der Waals surface area (Å²) in [5, 5.41) is 0. The monoisotopic (exact) mass is 460 g/mol. The van der Waals surface area contributed by atoms with Crippen LogP contribution < -0.4 is 0 Å². The molecule has 0 amide bonds. The molecule has 0 aromatic carbocycles. The molecule has 0 bridgehead atoms. The third-order valence-corrected chi connectivity index (χ3v) is 5.06. The van der Waals surface area contributed by atoms with Gasteiger partial charge in [0.2, 0.25) is 0 Å². The van der Waals surface area contributed by atoms with E-state index in [4.69, 9.17) is 23.7 Å². The fraction of sp³-hybridized carbons (Fsp3) is 0.850. The van der Waals surface area contributed by atoms with Crippen molar-refractivity contribution in [1.29, 1.82) is 0 Å². The van der Waals surface area contributed by atoms with Crippen molar-refractivity contribution in [3.63, 3.8) is 0 Å². The molecule has 4 atom stereocenters. The number of ether oxygens (including phenoxy) is 5. The highest BCUT2D eigenvalue weighted by molar-refractivity contribution is 5.86. The first-order valence-electron chi connectivity index (χ1n) is 9.89. The lowest BCUT2D eigenvalue weighted by molar-refractivity contribution is -0.551. The van der Waals surface area contributed by atoms with Crippen LogP contribution in [-0.2, 0) is 28.5 Å². The Balaban J connectivity index is 2.56. The van der Waals surface area contributed by atoms with Crippen molar-refractivity contribution in [3.8, 4) is 0 Å². The zero-order valence-electron chi connectivity index (χ0n) is 18.2. The van der Waals surface area contributed by atoms with Crippen molar-refractivity contribution in [2.75, 3.05) is 13.2 Å². The Morgan fingerprint density at radius 3 is 2.23 bits per heavy atom. The molecule has 0 spiro atoms. The largest absolute Gasteiger partial charge is 0.459 e. The predicted molar refractivity (Wildman–Crippen MR) is 98.0 cm³/mol. The highest BCUT2D eigenvalue weighted by atomic mass is 19.4. The smallest absolute Gasteiger partial charge is 0.450 e. The van der Waals surface area contributed by atoms with Crippen molar-refractivity contribution in [2.24, 2.45) is 5.41 Å². The van der Waals surface area contributed by atoms with E-state index in [-0.39, 0.29) is 18.6 Å². The van der Waals surface area contributed by atoms with E-state index in [1.807, 2.05) is 0 Å². The van der Waals surface area contributed by atoms with E-state index in [0.29, 0.717) is 12.8 Å². The lowest BCUT2D eigenvalue weighted by Crippen LogP contribution is -2.78. The molecule has 2 aliphatic heterocycles. The molecule has 4 unspecified atom stereocenters. The van der Waals surface area contributed by atoms with Gasteiger partial charge in [0.1, 0.15) is 6.61 Å². The molecule has 2 rings (SSSR count). The zero-order chi connectivity index (χ0) is 23.9. The molecule has 0 saturated carbocycles. The molecule has 6 nitrogen and oxygen atoms in total. The summed E-state index contributed by atoms with van der Waals surface area (Å²) in [5.74, 6) is -10.3. The Morgan fingerprint density at radius 2 is 1.77 bits per heavy atom. The van der Waals surface area contributed by atoms with Gasteiger partial charge in [0.25, 0.3) is 0 Å². The molecular weight excluding hydrogens is 431 g/mol. The molecule has 2 heterocycles. The Hall–Kier alpha value is -1.30. The fourth-order valence-electron chi connectivity index (χ4n) is 3.11. The van der Waals surface area contributed by atoms with Crippen LogP contribution in [0.25, 0.3) is 0 Å². The summed E-state index contributed by atoms with van der Waals surface area (Å²) < 4.78 is 99.4. The Kier molecular flexibility index (Phi) is 7.17. The molecule has 2 saturated heterocycles. The van der Waals surface area contributed by atoms with Crippen molar-refractivity contribution in [2.45, 2.75) is 89.9 Å². The average Bonchev–Trinajstić information content (AvgIpc) is 2.62. The van der Waals surface area contributed by atoms with Crippen LogP contribution in [0.3, 0.4) is 0 Å². The van der Waals surface area contributed by atoms with Crippen molar-refractivity contribution >= 4 is 5.97 Å². The van der Waals surface area contributed by atoms with Gasteiger partial charge in [-0.25, -0.2) is 4.79 Å². The SMILES string of the molecule is C=C(C)C(=O)OCC1(C)OC(C(C)(C)C)OC(OC2CCCCO2)(C(F)(F)F)C1(F)F. The molecule has 0 aromatic rings. The lowest BCUT2D eigenvalue weighted by atomic mass is 9.85. The van der Waals surface area contributed by atoms with Crippen LogP contribution in [0.5, 0.6) is 0 Å². The second-order valence-electron chi connectivity index (χ2n) is 9.12. The number of carbonyl (C=O) groups is 1. The van der Waals surface area contributed by atoms with Gasteiger partial charge in [-0.3, -0.25) is 0 Å². The van der Waals surface area contributed by atoms with Gasteiger partial charge in [0, 0.05) is 17.6 Å². The van der Waals surface area contributed by atoms with Crippen LogP contribution in [0.15, 0.2) is 12.2 Å². The molecule has 2 fully saturated rings. The highest BCUT2D eigenvalue weighted by Gasteiger charge is 2.83. The molecule has 0 N–H and O–H groups in total. The zero-order valence-corrected chi connectivity index (χ0v) is 18.2. The van der Waals surface area contributed by atoms with E-state index >= 15 is 8.78 Å². The maximum atomic E-state index is 15.7. The Morgan fingerprint density at radius 1 is 1.16 bits per heavy atom. The van der Waals surface area contributed by atoms with E-state index in [2.05, 4.69) is 6.58 Å². The summed E-state index contributed by atoms with van der Waals surface area (Å²) in [5.41, 5.74) is -4.21. The van der Waals surface area contributed by atoms with Crippen molar-refractivity contribution in [1.82, 2.24) is 0 Å². The number of alkyl halides is 5. The van der Waals surface area contributed by atoms with Crippen LogP contribution >= 0.6 is 0 Å². The van der Waals surface area contributed by atoms with Gasteiger partial charge in [-0.15, -0.1) is 0 Å². The molecular formula is C20H29F5O6. The number of hydrogen-bond acceptors (Lipinski definition) is 6. The van der Waals surface area contributed by atoms with E-state index < -0.39 is 54.1 Å². The summed E-state index contributed by atoms with van der Waals surface area (Å²) in [6.07, 6.45) is -8.01. The minimum absolute atomic E-state index is 0.0142. The number of halogens is 5. The second-order valence-corrected chi connectivity index (χ2v) is 9.12. The maximum Gasteiger partial charge on any atom is 0.450 e. The van der Waals surface area contributed by atoms with E-state index in [1.54, 1.807) is 0 Å². The van der Waals surface area contributed by atoms with Gasteiger partial charge in [-0.2, -0.15) is 22.0 Å². The summed E-state index contributed by atoms with van der Waals surface area (Å²) in [6.45, 7) is 8.58. The normalized spacial score (nSPS) is 34.3. The van der Waals surface area contributed by atoms with Crippen LogP contribution in [0, 0.1) is 5.41 Å². The highest BCUT2D eigenvalue weighted by Crippen LogP contribution is 2.58. The van der Waals surface area contributed by atoms with Crippen LogP contribution in [0.4, 0.5) is 22.0 Å². The first kappa shape index (κ1) is 26.0. The molecule has 2 aliphatic rings. The molecule has 0 aliphatic carbocycles. The first-order valence-corrected chi connectivity index (χ1v) is 9.89. The van der Waals surface area contributed by atoms with Gasteiger partial charge in [-0.05, 0) is 33.1 Å². The summed E-state index contributed by atoms with van der Waals surface area (Å²) in [7, 11) is 0. The molecule has 11 heteroatoms. The number of hydrogen-bond donors (Lipinski definition) is 0. The molecule has 180 valence electrons. The number of rotatable bonds is 5. The van der Waals surface area contributed by atoms with Crippen LogP contribution in [-0.4, -0.2) is 55.3 Å². The average molecular weight is 460 g/mol. The van der Waals surface area contributed by atoms with Gasteiger partial charge in [0.05, 0.1) is 0 Å². The van der Waals surface area contributed by atoms with Gasteiger partial charge >= 0.3 is 23.9 Å². The van der Waals surface area contributed by atoms with E-state index in [0.717, 1.165) is 6.92 Å². The third-order valence-electron chi connectivity index (χ3n) is 5.06. The summed E-state index contributed by atoms with van der Waals surface area (Å²) in [4.78, 5) is 11.8. The van der Waals surface area contributed by atoms with Crippen molar-refractivity contribution < 1.29 is 50.4 Å². The van der Waals surface area contributed by atoms with Gasteiger partial charge in [0.15, 0.2) is 18.2 Å². The standard InChI is InChI=1S/C20H29F5O6/c1-12(2)14(26)28-11-17(6)18(21,22)19(20(23,24)25,29-13-9-7-8-10-27-13)31-15(30-17)16(3,4)5/h13,15H,1,7-11H2,2-6H3. The maximum absolute atomic E-state index is 15.7. The topological polar surface area (TPSA) is 63.2 Å². The second kappa shape index (κ2) is 8.57. The minimum Gasteiger partial charge on any atom is -0.459 e. The molecule has 0 radical (unpaired) electrons. The minimum atomic E-state index is -5.68. The lowest BCUT2D eigenvalue weighted by Gasteiger charge is -2.56. The van der Waals surface area contributed by atoms with Crippen LogP contribution in [0.1, 0.15) is 53.9 Å². The predicted octanol–water partition coefficient (Wildman–Crippen LogP) is 4.72. The van der Waals surface area contributed by atoms with Crippen molar-refractivity contribution in [3.05, 3.63) is 12.2 Å². The molecule has 31 heavy (non-hydrogen) atoms. The van der Waals surface area contributed by atoms with Gasteiger partial charge in [-0.1, -0.05) is 27.4 Å². The summed E-state index contributed by atoms with van der Waals surface area (Å²) >= 11 is 0. The third kappa shape index (κ3) is 4.89. The summed E-state index contributed by atoms with van der Waals surface area (Å²) in [6, 6.07) is 0. The van der Waals surface area contributed by atoms with E-state index in [1.165, 1.54) is 27.7 Å². The van der Waals surface area contributed by atoms with Crippen LogP contribution in [0.2, 0.25) is 0 Å². The quantitative estimate of drug-likeness (QED) is 0.336. The number of esters is 1. The Labute approximate surface area is 178 Å².